The Morgan fingerprint density at radius 2 is 2.00 bits per heavy atom. The molecule has 2 saturated heterocycles. The summed E-state index contributed by atoms with van der Waals surface area (Å²) in [5.41, 5.74) is 1.89. The van der Waals surface area contributed by atoms with E-state index in [1.807, 2.05) is 11.0 Å². The Morgan fingerprint density at radius 3 is 2.70 bits per heavy atom. The third kappa shape index (κ3) is 3.81. The van der Waals surface area contributed by atoms with E-state index in [1.165, 1.54) is 5.56 Å². The average Bonchev–Trinajstić information content (AvgIpc) is 2.96. The molecule has 0 aromatic heterocycles. The Bertz CT molecular complexity index is 740. The number of hydrogen-bond acceptors (Lipinski definition) is 4. The molecule has 1 aromatic rings. The Kier molecular flexibility index (Phi) is 4.84. The molecule has 2 amide bonds. The van der Waals surface area contributed by atoms with Crippen molar-refractivity contribution in [1.29, 1.82) is 0 Å². The third-order valence-corrected chi connectivity index (χ3v) is 6.13. The zero-order valence-electron chi connectivity index (χ0n) is 16.4. The topological polar surface area (TPSA) is 53.1 Å². The molecular weight excluding hydrogens is 342 g/mol. The molecule has 0 saturated carbocycles. The Labute approximate surface area is 161 Å². The summed E-state index contributed by atoms with van der Waals surface area (Å²) in [4.78, 5) is 31.0. The van der Waals surface area contributed by atoms with Gasteiger partial charge in [-0.05, 0) is 26.5 Å². The van der Waals surface area contributed by atoms with Gasteiger partial charge in [0.15, 0.2) is 0 Å². The maximum absolute atomic E-state index is 13.1. The Balaban J connectivity index is 1.60. The van der Waals surface area contributed by atoms with E-state index in [4.69, 9.17) is 4.74 Å². The van der Waals surface area contributed by atoms with Crippen molar-refractivity contribution < 1.29 is 14.3 Å². The van der Waals surface area contributed by atoms with Crippen LogP contribution in [-0.4, -0.2) is 71.9 Å². The molecule has 0 N–H and O–H groups in total. The van der Waals surface area contributed by atoms with E-state index in [0.717, 1.165) is 43.7 Å². The monoisotopic (exact) mass is 371 g/mol. The fraction of sp³-hybridized carbons (Fsp3) is 0.619. The fourth-order valence-corrected chi connectivity index (χ4v) is 4.40. The number of likely N-dealkylation sites (tertiary alicyclic amines) is 2. The third-order valence-electron chi connectivity index (χ3n) is 6.13. The van der Waals surface area contributed by atoms with Crippen LogP contribution in [0.25, 0.3) is 0 Å². The highest BCUT2D eigenvalue weighted by atomic mass is 16.5. The van der Waals surface area contributed by atoms with Crippen LogP contribution in [0, 0.1) is 6.92 Å². The van der Waals surface area contributed by atoms with Crippen molar-refractivity contribution in [3.63, 3.8) is 0 Å². The van der Waals surface area contributed by atoms with Gasteiger partial charge in [-0.15, -0.1) is 0 Å². The second-order valence-electron chi connectivity index (χ2n) is 8.37. The van der Waals surface area contributed by atoms with Gasteiger partial charge in [0.2, 0.25) is 11.8 Å². The summed E-state index contributed by atoms with van der Waals surface area (Å²) in [5.74, 6) is 1.03. The zero-order chi connectivity index (χ0) is 19.0. The Morgan fingerprint density at radius 1 is 1.22 bits per heavy atom. The smallest absolute Gasteiger partial charge is 0.242 e. The normalized spacial score (nSPS) is 22.5. The van der Waals surface area contributed by atoms with Crippen LogP contribution in [-0.2, 0) is 16.1 Å². The molecule has 3 heterocycles. The first-order valence-electron chi connectivity index (χ1n) is 9.97. The number of carbonyl (C=O) groups excluding carboxylic acids is 2. The number of aryl methyl sites for hydroxylation is 1. The van der Waals surface area contributed by atoms with Crippen LogP contribution in [0.1, 0.15) is 36.8 Å². The summed E-state index contributed by atoms with van der Waals surface area (Å²) < 4.78 is 6.56. The van der Waals surface area contributed by atoms with Crippen molar-refractivity contribution in [3.8, 4) is 5.75 Å². The van der Waals surface area contributed by atoms with Crippen LogP contribution in [0.4, 0.5) is 0 Å². The molecule has 1 aromatic carbocycles. The van der Waals surface area contributed by atoms with Crippen LogP contribution in [0.3, 0.4) is 0 Å². The molecule has 27 heavy (non-hydrogen) atoms. The number of nitrogens with zero attached hydrogens (tertiary/aromatic N) is 3. The van der Waals surface area contributed by atoms with E-state index < -0.39 is 0 Å². The summed E-state index contributed by atoms with van der Waals surface area (Å²) in [6.07, 6.45) is 3.23. The molecule has 2 fully saturated rings. The summed E-state index contributed by atoms with van der Waals surface area (Å²) >= 11 is 0. The number of carbonyl (C=O) groups is 2. The second-order valence-corrected chi connectivity index (χ2v) is 8.37. The fourth-order valence-electron chi connectivity index (χ4n) is 4.40. The van der Waals surface area contributed by atoms with Crippen molar-refractivity contribution in [2.75, 3.05) is 39.8 Å². The van der Waals surface area contributed by atoms with Crippen molar-refractivity contribution in [2.45, 2.75) is 44.8 Å². The summed E-state index contributed by atoms with van der Waals surface area (Å²) in [5, 5.41) is 0. The highest BCUT2D eigenvalue weighted by Crippen LogP contribution is 2.36. The van der Waals surface area contributed by atoms with Gasteiger partial charge in [-0.3, -0.25) is 9.59 Å². The number of fused-ring (bicyclic) bond motifs is 1. The lowest BCUT2D eigenvalue weighted by molar-refractivity contribution is -0.141. The summed E-state index contributed by atoms with van der Waals surface area (Å²) in [7, 11) is 2.13. The Hall–Kier alpha value is -2.08. The highest BCUT2D eigenvalue weighted by molar-refractivity contribution is 5.86. The molecule has 6 nitrogen and oxygen atoms in total. The minimum atomic E-state index is -0.336. The molecule has 0 radical (unpaired) electrons. The van der Waals surface area contributed by atoms with Gasteiger partial charge < -0.3 is 19.4 Å². The minimum Gasteiger partial charge on any atom is -0.485 e. The standard InChI is InChI=1S/C21H29N3O3/c1-16-5-6-18-17(12-16)13-24(20(26)14-23-9-3-4-19(23)25)15-21(27-18)7-10-22(2)11-8-21/h5-6,12H,3-4,7-11,13-15H2,1-2H3. The first kappa shape index (κ1) is 18.3. The number of amides is 2. The lowest BCUT2D eigenvalue weighted by Crippen LogP contribution is -2.54. The number of hydrogen-bond donors (Lipinski definition) is 0. The van der Waals surface area contributed by atoms with Crippen LogP contribution in [0.5, 0.6) is 5.75 Å². The molecule has 6 heteroatoms. The van der Waals surface area contributed by atoms with E-state index in [1.54, 1.807) is 4.90 Å². The van der Waals surface area contributed by atoms with Gasteiger partial charge >= 0.3 is 0 Å². The van der Waals surface area contributed by atoms with Crippen LogP contribution in [0.2, 0.25) is 0 Å². The number of ether oxygens (including phenoxy) is 1. The number of benzene rings is 1. The molecule has 0 unspecified atom stereocenters. The quantitative estimate of drug-likeness (QED) is 0.796. The van der Waals surface area contributed by atoms with Crippen molar-refractivity contribution in [2.24, 2.45) is 0 Å². The first-order valence-corrected chi connectivity index (χ1v) is 9.97. The molecular formula is C21H29N3O3. The van der Waals surface area contributed by atoms with Gasteiger partial charge in [0, 0.05) is 51.0 Å². The van der Waals surface area contributed by atoms with E-state index in [9.17, 15) is 9.59 Å². The highest BCUT2D eigenvalue weighted by Gasteiger charge is 2.41. The van der Waals surface area contributed by atoms with E-state index in [2.05, 4.69) is 31.0 Å². The van der Waals surface area contributed by atoms with Crippen LogP contribution < -0.4 is 4.74 Å². The SMILES string of the molecule is Cc1ccc2c(c1)CN(C(=O)CN1CCCC1=O)CC1(CCN(C)CC1)O2. The maximum atomic E-state index is 13.1. The average molecular weight is 371 g/mol. The van der Waals surface area contributed by atoms with Gasteiger partial charge in [0.05, 0.1) is 13.1 Å². The van der Waals surface area contributed by atoms with Crippen LogP contribution >= 0.6 is 0 Å². The molecule has 3 aliphatic heterocycles. The second kappa shape index (κ2) is 7.15. The number of piperidine rings is 1. The summed E-state index contributed by atoms with van der Waals surface area (Å²) in [6.45, 7) is 6.02. The van der Waals surface area contributed by atoms with Crippen molar-refractivity contribution >= 4 is 11.8 Å². The predicted molar refractivity (Wildman–Crippen MR) is 103 cm³/mol. The van der Waals surface area contributed by atoms with Gasteiger partial charge in [-0.1, -0.05) is 17.7 Å². The molecule has 3 aliphatic rings. The van der Waals surface area contributed by atoms with Gasteiger partial charge in [0.25, 0.3) is 0 Å². The van der Waals surface area contributed by atoms with E-state index in [-0.39, 0.29) is 24.0 Å². The van der Waals surface area contributed by atoms with Crippen LogP contribution in [0.15, 0.2) is 18.2 Å². The lowest BCUT2D eigenvalue weighted by Gasteiger charge is -2.42. The molecule has 0 bridgehead atoms. The van der Waals surface area contributed by atoms with Crippen molar-refractivity contribution in [1.82, 2.24) is 14.7 Å². The van der Waals surface area contributed by atoms with Gasteiger partial charge in [0.1, 0.15) is 11.4 Å². The summed E-state index contributed by atoms with van der Waals surface area (Å²) in [6, 6.07) is 6.23. The molecule has 4 rings (SSSR count). The maximum Gasteiger partial charge on any atom is 0.242 e. The number of rotatable bonds is 2. The molecule has 1 spiro atoms. The largest absolute Gasteiger partial charge is 0.485 e. The molecule has 0 atom stereocenters. The van der Waals surface area contributed by atoms with Gasteiger partial charge in [-0.2, -0.15) is 0 Å². The zero-order valence-corrected chi connectivity index (χ0v) is 16.4. The van der Waals surface area contributed by atoms with Crippen molar-refractivity contribution in [3.05, 3.63) is 29.3 Å². The lowest BCUT2D eigenvalue weighted by atomic mass is 9.90. The van der Waals surface area contributed by atoms with Gasteiger partial charge in [-0.25, -0.2) is 0 Å². The predicted octanol–water partition coefficient (Wildman–Crippen LogP) is 1.80. The molecule has 0 aliphatic carbocycles. The molecule has 146 valence electrons. The first-order chi connectivity index (χ1) is 12.9. The minimum absolute atomic E-state index is 0.0292. The van der Waals surface area contributed by atoms with E-state index >= 15 is 0 Å². The van der Waals surface area contributed by atoms with E-state index in [0.29, 0.717) is 26.1 Å².